The second-order valence-corrected chi connectivity index (χ2v) is 8.50. The van der Waals surface area contributed by atoms with Gasteiger partial charge in [-0.2, -0.15) is 0 Å². The van der Waals surface area contributed by atoms with Gasteiger partial charge >= 0.3 is 0 Å². The Balaban J connectivity index is 2.01. The molecule has 2 rings (SSSR count). The summed E-state index contributed by atoms with van der Waals surface area (Å²) in [6.45, 7) is 6.02. The van der Waals surface area contributed by atoms with E-state index < -0.39 is 9.84 Å². The van der Waals surface area contributed by atoms with Crippen molar-refractivity contribution in [2.45, 2.75) is 25.3 Å². The monoisotopic (exact) mass is 310 g/mol. The van der Waals surface area contributed by atoms with Gasteiger partial charge in [-0.15, -0.1) is 0 Å². The Morgan fingerprint density at radius 3 is 2.67 bits per heavy atom. The predicted octanol–water partition coefficient (Wildman–Crippen LogP) is 1.63. The van der Waals surface area contributed by atoms with Gasteiger partial charge in [-0.3, -0.25) is 0 Å². The van der Waals surface area contributed by atoms with E-state index in [0.717, 1.165) is 32.6 Å². The van der Waals surface area contributed by atoms with Crippen LogP contribution in [0.25, 0.3) is 0 Å². The van der Waals surface area contributed by atoms with Gasteiger partial charge in [-0.1, -0.05) is 30.3 Å². The van der Waals surface area contributed by atoms with Crippen molar-refractivity contribution < 1.29 is 8.42 Å². The van der Waals surface area contributed by atoms with E-state index in [1.165, 1.54) is 11.8 Å². The number of nitrogens with one attached hydrogen (secondary N) is 1. The zero-order valence-corrected chi connectivity index (χ0v) is 13.8. The summed E-state index contributed by atoms with van der Waals surface area (Å²) in [6.07, 6.45) is 3.12. The molecule has 0 saturated carbocycles. The van der Waals surface area contributed by atoms with Gasteiger partial charge in [0.2, 0.25) is 0 Å². The van der Waals surface area contributed by atoms with Crippen LogP contribution in [0.3, 0.4) is 0 Å². The van der Waals surface area contributed by atoms with Gasteiger partial charge < -0.3 is 10.2 Å². The molecule has 1 aliphatic rings. The quantitative estimate of drug-likeness (QED) is 0.898. The highest BCUT2D eigenvalue weighted by atomic mass is 32.2. The summed E-state index contributed by atoms with van der Waals surface area (Å²) in [7, 11) is -2.86. The lowest BCUT2D eigenvalue weighted by atomic mass is 9.91. The first-order chi connectivity index (χ1) is 9.89. The molecule has 0 aliphatic carbocycles. The van der Waals surface area contributed by atoms with Crippen LogP contribution in [0.5, 0.6) is 0 Å². The van der Waals surface area contributed by atoms with Crippen molar-refractivity contribution in [3.05, 3.63) is 35.9 Å². The third-order valence-corrected chi connectivity index (χ3v) is 5.14. The van der Waals surface area contributed by atoms with Crippen molar-refractivity contribution in [2.24, 2.45) is 0 Å². The number of sulfone groups is 1. The molecule has 1 saturated heterocycles. The molecule has 1 heterocycles. The zero-order valence-electron chi connectivity index (χ0n) is 13.0. The van der Waals surface area contributed by atoms with Crippen molar-refractivity contribution in [3.8, 4) is 0 Å². The molecule has 4 nitrogen and oxygen atoms in total. The van der Waals surface area contributed by atoms with E-state index in [4.69, 9.17) is 0 Å². The minimum Gasteiger partial charge on any atom is -0.307 e. The van der Waals surface area contributed by atoms with Crippen LogP contribution in [0.2, 0.25) is 0 Å². The molecule has 1 fully saturated rings. The second kappa shape index (κ2) is 6.90. The Bertz CT molecular complexity index is 545. The number of benzene rings is 1. The topological polar surface area (TPSA) is 49.4 Å². The Kier molecular flexibility index (Phi) is 5.41. The summed E-state index contributed by atoms with van der Waals surface area (Å²) in [5, 5.41) is 3.65. The van der Waals surface area contributed by atoms with Crippen LogP contribution in [0, 0.1) is 0 Å². The molecule has 0 bridgehead atoms. The van der Waals surface area contributed by atoms with Crippen LogP contribution >= 0.6 is 0 Å². The lowest BCUT2D eigenvalue weighted by Crippen LogP contribution is -2.46. The molecule has 0 aromatic heterocycles. The van der Waals surface area contributed by atoms with Gasteiger partial charge in [0, 0.05) is 12.8 Å². The first-order valence-electron chi connectivity index (χ1n) is 7.60. The molecule has 21 heavy (non-hydrogen) atoms. The zero-order chi connectivity index (χ0) is 15.3. The molecule has 1 N–H and O–H groups in total. The molecule has 0 amide bonds. The van der Waals surface area contributed by atoms with Gasteiger partial charge in [0.15, 0.2) is 0 Å². The first kappa shape index (κ1) is 16.5. The smallest absolute Gasteiger partial charge is 0.147 e. The van der Waals surface area contributed by atoms with Crippen molar-refractivity contribution in [1.82, 2.24) is 10.2 Å². The molecule has 1 aliphatic heterocycles. The normalized spacial score (nSPS) is 24.7. The van der Waals surface area contributed by atoms with E-state index in [9.17, 15) is 8.42 Å². The van der Waals surface area contributed by atoms with Gasteiger partial charge in [0.25, 0.3) is 0 Å². The fraction of sp³-hybridized carbons (Fsp3) is 0.625. The molecule has 118 valence electrons. The van der Waals surface area contributed by atoms with Crippen molar-refractivity contribution in [2.75, 3.05) is 38.2 Å². The van der Waals surface area contributed by atoms with Crippen LogP contribution in [0.1, 0.15) is 25.3 Å². The predicted molar refractivity (Wildman–Crippen MR) is 87.2 cm³/mol. The Labute approximate surface area is 128 Å². The number of nitrogens with zero attached hydrogens (tertiary/aromatic N) is 1. The molecule has 1 atom stereocenters. The average Bonchev–Trinajstić information content (AvgIpc) is 2.61. The maximum Gasteiger partial charge on any atom is 0.147 e. The third-order valence-electron chi connectivity index (χ3n) is 4.11. The van der Waals surface area contributed by atoms with E-state index in [1.807, 2.05) is 6.07 Å². The van der Waals surface area contributed by atoms with Crippen molar-refractivity contribution in [3.63, 3.8) is 0 Å². The SMILES string of the molecule is CC1(c2ccccc2)CN(CCCS(C)(=O)=O)CCCN1. The summed E-state index contributed by atoms with van der Waals surface area (Å²) >= 11 is 0. The molecular formula is C16H26N2O2S. The van der Waals surface area contributed by atoms with E-state index in [2.05, 4.69) is 41.4 Å². The first-order valence-corrected chi connectivity index (χ1v) is 9.66. The average molecular weight is 310 g/mol. The fourth-order valence-electron chi connectivity index (χ4n) is 2.99. The van der Waals surface area contributed by atoms with Crippen LogP contribution in [0.15, 0.2) is 30.3 Å². The van der Waals surface area contributed by atoms with Crippen LogP contribution in [-0.4, -0.2) is 51.5 Å². The third kappa shape index (κ3) is 5.09. The minimum absolute atomic E-state index is 0.0666. The van der Waals surface area contributed by atoms with Crippen molar-refractivity contribution >= 4 is 9.84 Å². The summed E-state index contributed by atoms with van der Waals surface area (Å²) in [4.78, 5) is 2.39. The molecular weight excluding hydrogens is 284 g/mol. The van der Waals surface area contributed by atoms with Gasteiger partial charge in [-0.05, 0) is 45.0 Å². The standard InChI is InChI=1S/C16H26N2O2S/c1-16(15-8-4-3-5-9-15)14-18(11-6-10-17-16)12-7-13-21(2,19)20/h3-5,8-9,17H,6-7,10-14H2,1-2H3. The Morgan fingerprint density at radius 2 is 2.00 bits per heavy atom. The molecule has 0 radical (unpaired) electrons. The van der Waals surface area contributed by atoms with Gasteiger partial charge in [-0.25, -0.2) is 8.42 Å². The molecule has 1 aromatic carbocycles. The summed E-state index contributed by atoms with van der Waals surface area (Å²) in [5.41, 5.74) is 1.23. The molecule has 5 heteroatoms. The second-order valence-electron chi connectivity index (χ2n) is 6.24. The number of hydrogen-bond acceptors (Lipinski definition) is 4. The summed E-state index contributed by atoms with van der Waals surface area (Å²) in [6, 6.07) is 10.5. The van der Waals surface area contributed by atoms with E-state index in [-0.39, 0.29) is 11.3 Å². The lowest BCUT2D eigenvalue weighted by molar-refractivity contribution is 0.221. The highest BCUT2D eigenvalue weighted by Crippen LogP contribution is 2.24. The van der Waals surface area contributed by atoms with Gasteiger partial charge in [0.05, 0.1) is 11.3 Å². The largest absolute Gasteiger partial charge is 0.307 e. The van der Waals surface area contributed by atoms with E-state index >= 15 is 0 Å². The highest BCUT2D eigenvalue weighted by Gasteiger charge is 2.30. The fourth-order valence-corrected chi connectivity index (χ4v) is 3.64. The number of rotatable bonds is 5. The molecule has 1 aromatic rings. The van der Waals surface area contributed by atoms with E-state index in [1.54, 1.807) is 0 Å². The van der Waals surface area contributed by atoms with Crippen molar-refractivity contribution in [1.29, 1.82) is 0 Å². The maximum absolute atomic E-state index is 11.3. The van der Waals surface area contributed by atoms with Crippen LogP contribution < -0.4 is 5.32 Å². The van der Waals surface area contributed by atoms with Crippen LogP contribution in [-0.2, 0) is 15.4 Å². The van der Waals surface area contributed by atoms with Gasteiger partial charge in [0.1, 0.15) is 9.84 Å². The lowest BCUT2D eigenvalue weighted by Gasteiger charge is -2.34. The number of hydrogen-bond donors (Lipinski definition) is 1. The molecule has 1 unspecified atom stereocenters. The summed E-state index contributed by atoms with van der Waals surface area (Å²) in [5.74, 6) is 0.277. The molecule has 0 spiro atoms. The summed E-state index contributed by atoms with van der Waals surface area (Å²) < 4.78 is 22.5. The Morgan fingerprint density at radius 1 is 1.29 bits per heavy atom. The maximum atomic E-state index is 11.3. The minimum atomic E-state index is -2.86. The van der Waals surface area contributed by atoms with E-state index in [0.29, 0.717) is 6.42 Å². The highest BCUT2D eigenvalue weighted by molar-refractivity contribution is 7.90. The Hall–Kier alpha value is -0.910. The van der Waals surface area contributed by atoms with Crippen LogP contribution in [0.4, 0.5) is 0 Å².